The van der Waals surface area contributed by atoms with E-state index in [2.05, 4.69) is 21.1 Å². The van der Waals surface area contributed by atoms with Gasteiger partial charge in [-0.3, -0.25) is 0 Å². The lowest BCUT2D eigenvalue weighted by atomic mass is 10.1. The Morgan fingerprint density at radius 1 is 1.54 bits per heavy atom. The third-order valence-electron chi connectivity index (χ3n) is 1.96. The summed E-state index contributed by atoms with van der Waals surface area (Å²) < 4.78 is 5.12. The third-order valence-corrected chi connectivity index (χ3v) is 2.92. The minimum atomic E-state index is 0.724. The van der Waals surface area contributed by atoms with E-state index in [1.54, 1.807) is 0 Å². The fourth-order valence-electron chi connectivity index (χ4n) is 1.22. The Kier molecular flexibility index (Phi) is 2.30. The molecule has 0 saturated carbocycles. The van der Waals surface area contributed by atoms with Gasteiger partial charge in [-0.1, -0.05) is 32.7 Å². The first-order chi connectivity index (χ1) is 6.22. The van der Waals surface area contributed by atoms with Crippen LogP contribution in [0, 0.1) is 6.92 Å². The highest BCUT2D eigenvalue weighted by molar-refractivity contribution is 9.08. The average Bonchev–Trinajstić information content (AvgIpc) is 2.47. The van der Waals surface area contributed by atoms with Crippen LogP contribution < -0.4 is 0 Å². The second-order valence-electron chi connectivity index (χ2n) is 2.84. The largest absolute Gasteiger partial charge is 0.356 e. The quantitative estimate of drug-likeness (QED) is 0.731. The molecule has 0 fully saturated rings. The molecule has 2 nitrogen and oxygen atoms in total. The molecule has 0 bridgehead atoms. The van der Waals surface area contributed by atoms with E-state index < -0.39 is 0 Å². The van der Waals surface area contributed by atoms with Crippen molar-refractivity contribution in [3.05, 3.63) is 28.4 Å². The maximum atomic E-state index is 6.03. The van der Waals surface area contributed by atoms with Gasteiger partial charge in [-0.2, -0.15) is 0 Å². The second-order valence-corrected chi connectivity index (χ2v) is 3.81. The van der Waals surface area contributed by atoms with E-state index in [4.69, 9.17) is 16.1 Å². The molecule has 0 aliphatic rings. The lowest BCUT2D eigenvalue weighted by Gasteiger charge is -1.98. The van der Waals surface area contributed by atoms with Gasteiger partial charge in [0.15, 0.2) is 5.58 Å². The summed E-state index contributed by atoms with van der Waals surface area (Å²) in [6, 6.07) is 3.80. The van der Waals surface area contributed by atoms with Crippen molar-refractivity contribution in [1.29, 1.82) is 0 Å². The van der Waals surface area contributed by atoms with Crippen LogP contribution in [0.2, 0.25) is 5.02 Å². The molecule has 13 heavy (non-hydrogen) atoms. The van der Waals surface area contributed by atoms with Gasteiger partial charge >= 0.3 is 0 Å². The number of rotatable bonds is 1. The predicted octanol–water partition coefficient (Wildman–Crippen LogP) is 3.68. The predicted molar refractivity (Wildman–Crippen MR) is 56.4 cm³/mol. The zero-order valence-corrected chi connectivity index (χ0v) is 9.32. The molecule has 0 aliphatic carbocycles. The first kappa shape index (κ1) is 9.03. The van der Waals surface area contributed by atoms with Crippen LogP contribution in [0.5, 0.6) is 0 Å². The number of halogens is 2. The van der Waals surface area contributed by atoms with Crippen molar-refractivity contribution in [3.8, 4) is 0 Å². The van der Waals surface area contributed by atoms with E-state index >= 15 is 0 Å². The Hall–Kier alpha value is -0.540. The van der Waals surface area contributed by atoms with Gasteiger partial charge in [-0.05, 0) is 24.6 Å². The van der Waals surface area contributed by atoms with Gasteiger partial charge in [-0.15, -0.1) is 0 Å². The van der Waals surface area contributed by atoms with Crippen LogP contribution >= 0.6 is 27.5 Å². The second kappa shape index (κ2) is 3.31. The van der Waals surface area contributed by atoms with Crippen LogP contribution in [-0.2, 0) is 5.33 Å². The molecule has 1 aromatic carbocycles. The lowest BCUT2D eigenvalue weighted by Crippen LogP contribution is -1.79. The number of hydrogen-bond acceptors (Lipinski definition) is 2. The number of aryl methyl sites for hydroxylation is 1. The molecule has 0 atom stereocenters. The number of hydrogen-bond donors (Lipinski definition) is 0. The van der Waals surface area contributed by atoms with Crippen LogP contribution in [0.25, 0.3) is 11.0 Å². The Balaban J connectivity index is 2.76. The molecular formula is C9H7BrClNO. The highest BCUT2D eigenvalue weighted by Crippen LogP contribution is 2.27. The van der Waals surface area contributed by atoms with E-state index in [0.717, 1.165) is 32.6 Å². The first-order valence-corrected chi connectivity index (χ1v) is 5.32. The maximum Gasteiger partial charge on any atom is 0.167 e. The van der Waals surface area contributed by atoms with Crippen molar-refractivity contribution < 1.29 is 4.52 Å². The molecule has 0 spiro atoms. The van der Waals surface area contributed by atoms with Crippen LogP contribution in [-0.4, -0.2) is 5.16 Å². The number of nitrogens with zero attached hydrogens (tertiary/aromatic N) is 1. The van der Waals surface area contributed by atoms with Gasteiger partial charge in [0.1, 0.15) is 0 Å². The Labute approximate surface area is 89.0 Å². The fraction of sp³-hybridized carbons (Fsp3) is 0.222. The third kappa shape index (κ3) is 1.46. The molecule has 1 heterocycles. The lowest BCUT2D eigenvalue weighted by molar-refractivity contribution is 0.450. The van der Waals surface area contributed by atoms with Crippen molar-refractivity contribution in [1.82, 2.24) is 5.16 Å². The highest BCUT2D eigenvalue weighted by atomic mass is 79.9. The molecular weight excluding hydrogens is 253 g/mol. The fourth-order valence-corrected chi connectivity index (χ4v) is 2.08. The Bertz CT molecular complexity index is 452. The van der Waals surface area contributed by atoms with Crippen molar-refractivity contribution in [2.45, 2.75) is 12.3 Å². The summed E-state index contributed by atoms with van der Waals surface area (Å²) in [7, 11) is 0. The van der Waals surface area contributed by atoms with Crippen LogP contribution in [0.4, 0.5) is 0 Å². The van der Waals surface area contributed by atoms with Crippen molar-refractivity contribution >= 4 is 38.5 Å². The molecule has 4 heteroatoms. The molecule has 0 saturated heterocycles. The molecule has 0 N–H and O–H groups in total. The van der Waals surface area contributed by atoms with Crippen molar-refractivity contribution in [2.24, 2.45) is 0 Å². The van der Waals surface area contributed by atoms with Crippen molar-refractivity contribution in [3.63, 3.8) is 0 Å². The summed E-state index contributed by atoms with van der Waals surface area (Å²) in [6.07, 6.45) is 0. The smallest absolute Gasteiger partial charge is 0.167 e. The van der Waals surface area contributed by atoms with Crippen LogP contribution in [0.3, 0.4) is 0 Å². The average molecular weight is 261 g/mol. The van der Waals surface area contributed by atoms with E-state index in [-0.39, 0.29) is 0 Å². The van der Waals surface area contributed by atoms with Gasteiger partial charge in [0.05, 0.1) is 5.69 Å². The van der Waals surface area contributed by atoms with E-state index in [1.165, 1.54) is 0 Å². The SMILES string of the molecule is Cc1noc2cc(CBr)c(Cl)cc12. The van der Waals surface area contributed by atoms with Gasteiger partial charge in [0.25, 0.3) is 0 Å². The Morgan fingerprint density at radius 3 is 3.00 bits per heavy atom. The van der Waals surface area contributed by atoms with E-state index in [0.29, 0.717) is 0 Å². The minimum absolute atomic E-state index is 0.724. The summed E-state index contributed by atoms with van der Waals surface area (Å²) in [5.74, 6) is 0. The van der Waals surface area contributed by atoms with Gasteiger partial charge in [0, 0.05) is 15.7 Å². The van der Waals surface area contributed by atoms with Gasteiger partial charge in [0.2, 0.25) is 0 Å². The zero-order chi connectivity index (χ0) is 9.42. The van der Waals surface area contributed by atoms with E-state index in [9.17, 15) is 0 Å². The zero-order valence-electron chi connectivity index (χ0n) is 6.97. The molecule has 2 aromatic rings. The highest BCUT2D eigenvalue weighted by Gasteiger charge is 2.07. The van der Waals surface area contributed by atoms with Crippen LogP contribution in [0.1, 0.15) is 11.3 Å². The standard InChI is InChI=1S/C9H7BrClNO/c1-5-7-3-8(11)6(4-10)2-9(7)13-12-5/h2-3H,4H2,1H3. The van der Waals surface area contributed by atoms with Gasteiger partial charge in [-0.25, -0.2) is 0 Å². The molecule has 0 amide bonds. The van der Waals surface area contributed by atoms with Gasteiger partial charge < -0.3 is 4.52 Å². The number of fused-ring (bicyclic) bond motifs is 1. The normalized spacial score (nSPS) is 11.0. The molecule has 0 unspecified atom stereocenters. The molecule has 2 rings (SSSR count). The number of aromatic nitrogens is 1. The number of benzene rings is 1. The summed E-state index contributed by atoms with van der Waals surface area (Å²) in [5, 5.41) is 6.31. The maximum absolute atomic E-state index is 6.03. The summed E-state index contributed by atoms with van der Waals surface area (Å²) >= 11 is 9.39. The van der Waals surface area contributed by atoms with Crippen LogP contribution in [0.15, 0.2) is 16.7 Å². The number of alkyl halides is 1. The molecule has 0 aliphatic heterocycles. The summed E-state index contributed by atoms with van der Waals surface area (Å²) in [4.78, 5) is 0. The summed E-state index contributed by atoms with van der Waals surface area (Å²) in [6.45, 7) is 1.90. The first-order valence-electron chi connectivity index (χ1n) is 3.82. The minimum Gasteiger partial charge on any atom is -0.356 e. The summed E-state index contributed by atoms with van der Waals surface area (Å²) in [5.41, 5.74) is 2.68. The van der Waals surface area contributed by atoms with E-state index in [1.807, 2.05) is 19.1 Å². The monoisotopic (exact) mass is 259 g/mol. The molecule has 68 valence electrons. The molecule has 1 aromatic heterocycles. The molecule has 0 radical (unpaired) electrons. The topological polar surface area (TPSA) is 26.0 Å². The Morgan fingerprint density at radius 2 is 2.31 bits per heavy atom. The van der Waals surface area contributed by atoms with Crippen molar-refractivity contribution in [2.75, 3.05) is 0 Å².